The number of nitrogens with zero attached hydrogens (tertiary/aromatic N) is 11. The van der Waals surface area contributed by atoms with Gasteiger partial charge in [-0.15, -0.1) is 0 Å². The standard InChI is InChI=1S/C82H159N17/c1-22-27-32-33-34-35-36-37-38-39-40-41-42-43-44-45-50-95(51-46-48-83-69-85-71(96(53-28-23-2)65-57-75(6,7)91-76(8,9)58-65)89-72(86-69)97(54-29-24-3)66-59-77(10,11)92-78(12,13)60-66)52-47-49-84-70-87-73(98(55-30-25-4)67-61-79(14,15)93-80(16,17)62-67)90-74(88-70)99(56-31-26-5)68-63-81(18,19)94-82(20,21)64-68/h65-68,91-94H,22-64H2,1-21H3,(H,83,85,86,89)(H,84,87,88,90). The average molecular weight is 1380 g/mol. The number of rotatable bonds is 47. The minimum atomic E-state index is -0.0167. The van der Waals surface area contributed by atoms with Crippen LogP contribution in [0.2, 0.25) is 0 Å². The average Bonchev–Trinajstić information content (AvgIpc) is 0.790. The Hall–Kier alpha value is -3.38. The van der Waals surface area contributed by atoms with Gasteiger partial charge < -0.3 is 56.4 Å². The lowest BCUT2D eigenvalue weighted by atomic mass is 9.79. The van der Waals surface area contributed by atoms with Gasteiger partial charge in [0.05, 0.1) is 0 Å². The fraction of sp³-hybridized carbons (Fsp3) is 0.927. The Morgan fingerprint density at radius 3 is 0.687 bits per heavy atom. The molecule has 6 N–H and O–H groups in total. The van der Waals surface area contributed by atoms with E-state index in [4.69, 9.17) is 29.9 Å². The SMILES string of the molecule is CCCCCCCCCCCCCCCCCCN(CCCNc1nc(N(CCCC)C2CC(C)(C)NC(C)(C)C2)nc(N(CCCC)C2CC(C)(C)NC(C)(C)C2)n1)CCCNc1nc(N(CCCC)C2CC(C)(C)NC(C)(C)C2)nc(N(CCCC)C2CC(C)(C)NC(C)(C)C2)n1. The van der Waals surface area contributed by atoms with Crippen molar-refractivity contribution in [3.8, 4) is 0 Å². The summed E-state index contributed by atoms with van der Waals surface area (Å²) in [4.78, 5) is 46.2. The number of anilines is 6. The summed E-state index contributed by atoms with van der Waals surface area (Å²) in [6.07, 6.45) is 41.2. The van der Waals surface area contributed by atoms with Gasteiger partial charge in [0.15, 0.2) is 0 Å². The molecule has 0 amide bonds. The molecule has 17 nitrogen and oxygen atoms in total. The van der Waals surface area contributed by atoms with Gasteiger partial charge in [-0.1, -0.05) is 157 Å². The quantitative estimate of drug-likeness (QED) is 0.0346. The Morgan fingerprint density at radius 1 is 0.263 bits per heavy atom. The molecule has 4 aliphatic rings. The second-order valence-corrected chi connectivity index (χ2v) is 37.2. The minimum Gasteiger partial charge on any atom is -0.354 e. The third-order valence-electron chi connectivity index (χ3n) is 21.9. The summed E-state index contributed by atoms with van der Waals surface area (Å²) in [6.45, 7) is 57.9. The number of unbranched alkanes of at least 4 members (excludes halogenated alkanes) is 19. The van der Waals surface area contributed by atoms with Crippen LogP contribution in [0, 0.1) is 0 Å². The first-order chi connectivity index (χ1) is 46.7. The lowest BCUT2D eigenvalue weighted by molar-refractivity contribution is 0.156. The van der Waals surface area contributed by atoms with Crippen LogP contribution in [0.15, 0.2) is 0 Å². The molecular weight excluding hydrogens is 1220 g/mol. The van der Waals surface area contributed by atoms with Gasteiger partial charge in [-0.25, -0.2) is 0 Å². The zero-order valence-electron chi connectivity index (χ0n) is 68.6. The highest BCUT2D eigenvalue weighted by atomic mass is 15.4. The molecule has 0 atom stereocenters. The van der Waals surface area contributed by atoms with Gasteiger partial charge in [-0.2, -0.15) is 29.9 Å². The van der Waals surface area contributed by atoms with Crippen LogP contribution in [0.25, 0.3) is 0 Å². The van der Waals surface area contributed by atoms with Crippen molar-refractivity contribution in [3.63, 3.8) is 0 Å². The summed E-state index contributed by atoms with van der Waals surface area (Å²) in [5.41, 5.74) is -0.134. The lowest BCUT2D eigenvalue weighted by Gasteiger charge is -2.50. The lowest BCUT2D eigenvalue weighted by Crippen LogP contribution is -2.63. The van der Waals surface area contributed by atoms with E-state index in [1.54, 1.807) is 0 Å². The molecule has 4 fully saturated rings. The van der Waals surface area contributed by atoms with Crippen LogP contribution in [0.1, 0.15) is 364 Å². The predicted molar refractivity (Wildman–Crippen MR) is 428 cm³/mol. The van der Waals surface area contributed by atoms with E-state index in [1.165, 1.54) is 103 Å². The smallest absolute Gasteiger partial charge is 0.232 e. The summed E-state index contributed by atoms with van der Waals surface area (Å²) >= 11 is 0. The molecule has 4 aliphatic heterocycles. The molecule has 4 saturated heterocycles. The Labute approximate surface area is 610 Å². The van der Waals surface area contributed by atoms with Crippen molar-refractivity contribution in [1.29, 1.82) is 0 Å². The highest BCUT2D eigenvalue weighted by molar-refractivity contribution is 5.49. The first kappa shape index (κ1) is 84.6. The van der Waals surface area contributed by atoms with E-state index in [9.17, 15) is 0 Å². The monoisotopic (exact) mass is 1380 g/mol. The molecule has 0 saturated carbocycles. The molecule has 6 heterocycles. The third kappa shape index (κ3) is 30.0. The Kier molecular flexibility index (Phi) is 33.9. The fourth-order valence-electron chi connectivity index (χ4n) is 18.7. The van der Waals surface area contributed by atoms with Crippen molar-refractivity contribution in [2.75, 3.05) is 89.1 Å². The van der Waals surface area contributed by atoms with Crippen molar-refractivity contribution < 1.29 is 0 Å². The second kappa shape index (κ2) is 39.7. The summed E-state index contributed by atoms with van der Waals surface area (Å²) in [7, 11) is 0. The largest absolute Gasteiger partial charge is 0.354 e. The maximum Gasteiger partial charge on any atom is 0.232 e. The Balaban J connectivity index is 1.25. The maximum absolute atomic E-state index is 5.62. The van der Waals surface area contributed by atoms with E-state index < -0.39 is 0 Å². The van der Waals surface area contributed by atoms with Crippen LogP contribution in [0.3, 0.4) is 0 Å². The molecule has 2 aromatic heterocycles. The zero-order chi connectivity index (χ0) is 72.6. The third-order valence-corrected chi connectivity index (χ3v) is 21.9. The van der Waals surface area contributed by atoms with E-state index in [0.29, 0.717) is 36.1 Å². The van der Waals surface area contributed by atoms with Gasteiger partial charge in [0.25, 0.3) is 0 Å². The number of hydrogen-bond donors (Lipinski definition) is 6. The number of piperidine rings is 4. The first-order valence-corrected chi connectivity index (χ1v) is 41.7. The Morgan fingerprint density at radius 2 is 0.465 bits per heavy atom. The van der Waals surface area contributed by atoms with E-state index in [1.807, 2.05) is 0 Å². The number of hydrogen-bond acceptors (Lipinski definition) is 17. The second-order valence-electron chi connectivity index (χ2n) is 37.2. The molecule has 17 heteroatoms. The van der Waals surface area contributed by atoms with Gasteiger partial charge in [0, 0.05) is 108 Å². The van der Waals surface area contributed by atoms with E-state index in [2.05, 4.69) is 202 Å². The zero-order valence-corrected chi connectivity index (χ0v) is 68.6. The molecule has 0 unspecified atom stereocenters. The van der Waals surface area contributed by atoms with Crippen LogP contribution in [-0.4, -0.2) is 162 Å². The van der Waals surface area contributed by atoms with Crippen molar-refractivity contribution in [2.45, 2.75) is 432 Å². The number of aromatic nitrogens is 6. The normalized spacial score (nSPS) is 20.5. The fourth-order valence-corrected chi connectivity index (χ4v) is 18.7. The summed E-state index contributed by atoms with van der Waals surface area (Å²) in [6, 6.07) is 1.20. The van der Waals surface area contributed by atoms with Crippen molar-refractivity contribution in [1.82, 2.24) is 56.1 Å². The molecule has 0 aliphatic carbocycles. The van der Waals surface area contributed by atoms with Crippen molar-refractivity contribution >= 4 is 35.7 Å². The molecule has 99 heavy (non-hydrogen) atoms. The summed E-state index contributed by atoms with van der Waals surface area (Å²) in [5.74, 6) is 4.75. The predicted octanol–water partition coefficient (Wildman–Crippen LogP) is 18.6. The molecule has 6 rings (SSSR count). The Bertz CT molecular complexity index is 2220. The van der Waals surface area contributed by atoms with Crippen LogP contribution in [-0.2, 0) is 0 Å². The van der Waals surface area contributed by atoms with Gasteiger partial charge in [-0.05, 0) is 227 Å². The van der Waals surface area contributed by atoms with Gasteiger partial charge in [-0.3, -0.25) is 0 Å². The van der Waals surface area contributed by atoms with Crippen LogP contribution in [0.5, 0.6) is 0 Å². The highest BCUT2D eigenvalue weighted by Gasteiger charge is 2.46. The van der Waals surface area contributed by atoms with Crippen LogP contribution < -0.4 is 51.5 Å². The molecule has 0 bridgehead atoms. The minimum absolute atomic E-state index is 0.0167. The highest BCUT2D eigenvalue weighted by Crippen LogP contribution is 2.40. The molecule has 2 aromatic rings. The summed E-state index contributed by atoms with van der Waals surface area (Å²) < 4.78 is 0. The summed E-state index contributed by atoms with van der Waals surface area (Å²) in [5, 5.41) is 23.7. The molecule has 0 aromatic carbocycles. The molecule has 572 valence electrons. The van der Waals surface area contributed by atoms with Gasteiger partial charge in [0.2, 0.25) is 35.7 Å². The van der Waals surface area contributed by atoms with Crippen LogP contribution >= 0.6 is 0 Å². The first-order valence-electron chi connectivity index (χ1n) is 41.7. The van der Waals surface area contributed by atoms with Crippen LogP contribution in [0.4, 0.5) is 35.7 Å². The van der Waals surface area contributed by atoms with Crippen molar-refractivity contribution in [3.05, 3.63) is 0 Å². The molecule has 0 spiro atoms. The van der Waals surface area contributed by atoms with Gasteiger partial charge in [0.1, 0.15) is 0 Å². The molecule has 0 radical (unpaired) electrons. The van der Waals surface area contributed by atoms with E-state index in [-0.39, 0.29) is 44.3 Å². The van der Waals surface area contributed by atoms with Crippen molar-refractivity contribution in [2.24, 2.45) is 0 Å². The topological polar surface area (TPSA) is 166 Å². The van der Waals surface area contributed by atoms with E-state index >= 15 is 0 Å². The van der Waals surface area contributed by atoms with Gasteiger partial charge >= 0.3 is 0 Å². The molecular formula is C82H159N17. The maximum atomic E-state index is 5.62. The number of nitrogens with one attached hydrogen (secondary N) is 6. The van der Waals surface area contributed by atoms with E-state index in [0.717, 1.165) is 198 Å².